The van der Waals surface area contributed by atoms with Gasteiger partial charge in [-0.15, -0.1) is 0 Å². The van der Waals surface area contributed by atoms with E-state index in [4.69, 9.17) is 15.3 Å². The summed E-state index contributed by atoms with van der Waals surface area (Å²) in [5, 5.41) is 4.46. The highest BCUT2D eigenvalue weighted by atomic mass is 19.1. The van der Waals surface area contributed by atoms with Gasteiger partial charge in [0.15, 0.2) is 5.84 Å². The molecule has 0 aliphatic carbocycles. The molecule has 0 saturated carbocycles. The van der Waals surface area contributed by atoms with Gasteiger partial charge in [0.1, 0.15) is 11.6 Å². The molecule has 1 atom stereocenters. The Hall–Kier alpha value is -3.54. The molecule has 2 aliphatic heterocycles. The number of nitrogens with zero attached hydrogens (tertiary/aromatic N) is 2. The average molecular weight is 476 g/mol. The number of allylic oxidation sites excluding steroid dienone is 4. The number of halogens is 1. The Morgan fingerprint density at radius 1 is 1.23 bits per heavy atom. The fraction of sp³-hybridized carbons (Fsp3) is 0.345. The number of rotatable bonds is 6. The first-order valence-corrected chi connectivity index (χ1v) is 12.1. The fourth-order valence-electron chi connectivity index (χ4n) is 4.69. The van der Waals surface area contributed by atoms with Crippen molar-refractivity contribution in [1.29, 1.82) is 0 Å². The second kappa shape index (κ2) is 9.98. The molecule has 2 heterocycles. The van der Waals surface area contributed by atoms with Gasteiger partial charge in [-0.05, 0) is 72.7 Å². The Kier molecular flexibility index (Phi) is 7.01. The van der Waals surface area contributed by atoms with Gasteiger partial charge in [0.25, 0.3) is 0 Å². The summed E-state index contributed by atoms with van der Waals surface area (Å²) in [7, 11) is 1.69. The van der Waals surface area contributed by atoms with Crippen molar-refractivity contribution in [3.8, 4) is 5.75 Å². The van der Waals surface area contributed by atoms with E-state index in [2.05, 4.69) is 48.2 Å². The Morgan fingerprint density at radius 2 is 1.97 bits per heavy atom. The van der Waals surface area contributed by atoms with Crippen LogP contribution < -0.4 is 10.5 Å². The summed E-state index contributed by atoms with van der Waals surface area (Å²) < 4.78 is 19.3. The van der Waals surface area contributed by atoms with Crippen molar-refractivity contribution >= 4 is 17.5 Å². The van der Waals surface area contributed by atoms with Gasteiger partial charge in [0, 0.05) is 30.3 Å². The van der Waals surface area contributed by atoms with E-state index in [0.29, 0.717) is 5.92 Å². The number of oxime groups is 1. The van der Waals surface area contributed by atoms with Crippen LogP contribution in [0.25, 0.3) is 11.6 Å². The van der Waals surface area contributed by atoms with E-state index < -0.39 is 5.72 Å². The summed E-state index contributed by atoms with van der Waals surface area (Å²) in [5.74, 6) is 1.72. The molecule has 1 saturated heterocycles. The van der Waals surface area contributed by atoms with Gasteiger partial charge in [-0.2, -0.15) is 0 Å². The summed E-state index contributed by atoms with van der Waals surface area (Å²) in [5.41, 5.74) is 11.0. The van der Waals surface area contributed by atoms with Crippen LogP contribution in [0.1, 0.15) is 57.2 Å². The highest BCUT2D eigenvalue weighted by Crippen LogP contribution is 2.40. The average Bonchev–Trinajstić information content (AvgIpc) is 3.17. The van der Waals surface area contributed by atoms with Crippen molar-refractivity contribution < 1.29 is 14.0 Å². The van der Waals surface area contributed by atoms with Gasteiger partial charge in [0.2, 0.25) is 5.72 Å². The summed E-state index contributed by atoms with van der Waals surface area (Å²) in [6, 6.07) is 12.6. The Labute approximate surface area is 207 Å². The van der Waals surface area contributed by atoms with Gasteiger partial charge in [-0.1, -0.05) is 49.3 Å². The quantitative estimate of drug-likeness (QED) is 0.489. The third kappa shape index (κ3) is 5.11. The number of hydrogen-bond acceptors (Lipinski definition) is 5. The predicted molar refractivity (Wildman–Crippen MR) is 140 cm³/mol. The number of hydrogen-bond donors (Lipinski definition) is 1. The van der Waals surface area contributed by atoms with Crippen molar-refractivity contribution in [3.63, 3.8) is 0 Å². The number of benzene rings is 2. The van der Waals surface area contributed by atoms with Gasteiger partial charge >= 0.3 is 0 Å². The van der Waals surface area contributed by atoms with Gasteiger partial charge in [-0.25, -0.2) is 4.39 Å². The molecule has 184 valence electrons. The number of methoxy groups -OCH3 is 1. The Balaban J connectivity index is 1.66. The lowest BCUT2D eigenvalue weighted by atomic mass is 9.94. The molecule has 2 N–H and O–H groups in total. The van der Waals surface area contributed by atoms with Gasteiger partial charge < -0.3 is 20.2 Å². The lowest BCUT2D eigenvalue weighted by Crippen LogP contribution is -2.46. The van der Waals surface area contributed by atoms with Crippen LogP contribution in [-0.2, 0) is 10.6 Å². The zero-order valence-corrected chi connectivity index (χ0v) is 21.1. The van der Waals surface area contributed by atoms with Crippen LogP contribution in [0.2, 0.25) is 0 Å². The van der Waals surface area contributed by atoms with Crippen LogP contribution in [0.4, 0.5) is 4.39 Å². The van der Waals surface area contributed by atoms with E-state index in [1.165, 1.54) is 12.1 Å². The third-order valence-corrected chi connectivity index (χ3v) is 6.35. The molecule has 2 aromatic rings. The minimum atomic E-state index is -0.757. The van der Waals surface area contributed by atoms with Gasteiger partial charge in [-0.3, -0.25) is 0 Å². The number of nitrogens with two attached hydrogens (primary N) is 1. The predicted octanol–water partition coefficient (Wildman–Crippen LogP) is 6.43. The van der Waals surface area contributed by atoms with Crippen molar-refractivity contribution in [3.05, 3.63) is 88.4 Å². The molecule has 2 aliphatic rings. The minimum absolute atomic E-state index is 0.267. The zero-order valence-electron chi connectivity index (χ0n) is 21.1. The van der Waals surface area contributed by atoms with E-state index in [1.807, 2.05) is 26.0 Å². The van der Waals surface area contributed by atoms with Gasteiger partial charge in [0.05, 0.1) is 7.11 Å². The summed E-state index contributed by atoms with van der Waals surface area (Å²) >= 11 is 0. The fourth-order valence-corrected chi connectivity index (χ4v) is 4.69. The first-order valence-electron chi connectivity index (χ1n) is 12.1. The lowest BCUT2D eigenvalue weighted by molar-refractivity contribution is -0.0913. The normalized spacial score (nSPS) is 21.7. The second-order valence-corrected chi connectivity index (χ2v) is 9.63. The van der Waals surface area contributed by atoms with E-state index in [-0.39, 0.29) is 5.82 Å². The molecule has 0 radical (unpaired) electrons. The van der Waals surface area contributed by atoms with Crippen LogP contribution in [0.15, 0.2) is 71.0 Å². The molecule has 0 bridgehead atoms. The Bertz CT molecular complexity index is 1210. The summed E-state index contributed by atoms with van der Waals surface area (Å²) in [6.45, 7) is 8.97. The highest BCUT2D eigenvalue weighted by molar-refractivity contribution is 6.03. The smallest absolute Gasteiger partial charge is 0.234 e. The van der Waals surface area contributed by atoms with Crippen LogP contribution >= 0.6 is 0 Å². The topological polar surface area (TPSA) is 60.1 Å². The molecule has 35 heavy (non-hydrogen) atoms. The number of amidine groups is 1. The molecule has 0 amide bonds. The monoisotopic (exact) mass is 475 g/mol. The Morgan fingerprint density at radius 3 is 2.63 bits per heavy atom. The van der Waals surface area contributed by atoms with E-state index in [0.717, 1.165) is 64.5 Å². The maximum atomic E-state index is 13.5. The summed E-state index contributed by atoms with van der Waals surface area (Å²) in [6.07, 6.45) is 8.19. The number of fused-ring (bicyclic) bond motifs is 1. The second-order valence-electron chi connectivity index (χ2n) is 9.63. The minimum Gasteiger partial charge on any atom is -0.496 e. The number of ether oxygens (including phenoxy) is 1. The SMILES string of the molecule is COc1cc(/C=C2\CCCN3C2=NOC3(C)c2ccc(F)cc2)ccc1C(/C=C(/C)N)=C/C(C)C. The maximum Gasteiger partial charge on any atom is 0.234 e. The molecule has 0 aromatic heterocycles. The molecule has 4 rings (SSSR count). The standard InChI is InChI=1S/C29H34FN3O2/c1-19(2)15-23(16-20(3)31)26-13-8-21(18-27(26)34-5)17-22-7-6-14-33-28(22)32-35-29(33,4)24-9-11-25(30)12-10-24/h8-13,15-19H,6-7,14,31H2,1-5H3/b20-16-,22-17+,23-15+. The van der Waals surface area contributed by atoms with Crippen molar-refractivity contribution in [1.82, 2.24) is 4.90 Å². The van der Waals surface area contributed by atoms with Crippen LogP contribution in [0.5, 0.6) is 5.75 Å². The molecule has 1 unspecified atom stereocenters. The zero-order chi connectivity index (χ0) is 25.2. The molecular weight excluding hydrogens is 441 g/mol. The molecular formula is C29H34FN3O2. The van der Waals surface area contributed by atoms with Crippen molar-refractivity contribution in [2.24, 2.45) is 16.8 Å². The van der Waals surface area contributed by atoms with Crippen LogP contribution in [0.3, 0.4) is 0 Å². The first-order chi connectivity index (χ1) is 16.7. The summed E-state index contributed by atoms with van der Waals surface area (Å²) in [4.78, 5) is 8.12. The molecule has 6 heteroatoms. The van der Waals surface area contributed by atoms with Crippen molar-refractivity contribution in [2.45, 2.75) is 46.3 Å². The largest absolute Gasteiger partial charge is 0.496 e. The van der Waals surface area contributed by atoms with E-state index in [9.17, 15) is 4.39 Å². The van der Waals surface area contributed by atoms with Crippen molar-refractivity contribution in [2.75, 3.05) is 13.7 Å². The third-order valence-electron chi connectivity index (χ3n) is 6.35. The highest BCUT2D eigenvalue weighted by Gasteiger charge is 2.45. The maximum absolute atomic E-state index is 13.5. The van der Waals surface area contributed by atoms with Crippen LogP contribution in [0, 0.1) is 11.7 Å². The van der Waals surface area contributed by atoms with E-state index >= 15 is 0 Å². The first kappa shape index (κ1) is 24.6. The van der Waals surface area contributed by atoms with E-state index in [1.54, 1.807) is 19.2 Å². The lowest BCUT2D eigenvalue weighted by Gasteiger charge is -2.37. The molecule has 2 aromatic carbocycles. The molecule has 5 nitrogen and oxygen atoms in total. The molecule has 1 fully saturated rings. The number of piperidine rings is 1. The van der Waals surface area contributed by atoms with Crippen LogP contribution in [-0.4, -0.2) is 24.4 Å². The molecule has 0 spiro atoms.